The van der Waals surface area contributed by atoms with Crippen molar-refractivity contribution in [2.75, 3.05) is 5.32 Å². The first-order valence-electron chi connectivity index (χ1n) is 10.3. The van der Waals surface area contributed by atoms with Crippen molar-refractivity contribution >= 4 is 51.5 Å². The summed E-state index contributed by atoms with van der Waals surface area (Å²) in [6, 6.07) is 11.3. The van der Waals surface area contributed by atoms with Crippen LogP contribution in [0.5, 0.6) is 0 Å². The molecule has 3 rings (SSSR count). The number of nitrogens with one attached hydrogen (secondary N) is 1. The zero-order chi connectivity index (χ0) is 23.3. The van der Waals surface area contributed by atoms with Crippen molar-refractivity contribution < 1.29 is 14.3 Å². The van der Waals surface area contributed by atoms with Crippen LogP contribution in [0.15, 0.2) is 47.3 Å². The first-order valence-corrected chi connectivity index (χ1v) is 11.0. The van der Waals surface area contributed by atoms with E-state index in [2.05, 4.69) is 17.3 Å². The Labute approximate surface area is 195 Å². The summed E-state index contributed by atoms with van der Waals surface area (Å²) in [4.78, 5) is 38.2. The number of carbonyl (C=O) groups is 2. The van der Waals surface area contributed by atoms with Gasteiger partial charge in [-0.15, -0.1) is 0 Å². The molecule has 168 valence electrons. The summed E-state index contributed by atoms with van der Waals surface area (Å²) in [5.74, 6) is -1.35. The van der Waals surface area contributed by atoms with Gasteiger partial charge in [0.25, 0.3) is 11.5 Å². The number of rotatable bonds is 8. The number of esters is 1. The van der Waals surface area contributed by atoms with Gasteiger partial charge in [-0.25, -0.2) is 9.48 Å². The van der Waals surface area contributed by atoms with E-state index in [4.69, 9.17) is 27.9 Å². The molecule has 0 aliphatic carbocycles. The molecule has 0 bridgehead atoms. The number of anilines is 1. The van der Waals surface area contributed by atoms with Crippen molar-refractivity contribution in [3.8, 4) is 0 Å². The Kier molecular flexibility index (Phi) is 7.88. The van der Waals surface area contributed by atoms with E-state index in [0.29, 0.717) is 33.0 Å². The predicted molar refractivity (Wildman–Crippen MR) is 125 cm³/mol. The molecule has 1 N–H and O–H groups in total. The van der Waals surface area contributed by atoms with Gasteiger partial charge in [-0.05, 0) is 37.6 Å². The molecule has 0 spiro atoms. The smallest absolute Gasteiger partial charge is 0.360 e. The van der Waals surface area contributed by atoms with Gasteiger partial charge in [-0.3, -0.25) is 9.59 Å². The average Bonchev–Trinajstić information content (AvgIpc) is 2.74. The van der Waals surface area contributed by atoms with Crippen LogP contribution in [0.4, 0.5) is 5.69 Å². The fourth-order valence-electron chi connectivity index (χ4n) is 3.19. The van der Waals surface area contributed by atoms with Gasteiger partial charge in [0.15, 0.2) is 11.8 Å². The second-order valence-corrected chi connectivity index (χ2v) is 8.20. The van der Waals surface area contributed by atoms with Gasteiger partial charge in [-0.1, -0.05) is 61.2 Å². The molecule has 1 aromatic heterocycles. The number of aryl methyl sites for hydroxylation is 1. The van der Waals surface area contributed by atoms with E-state index in [1.165, 1.54) is 29.8 Å². The van der Waals surface area contributed by atoms with Gasteiger partial charge in [-0.2, -0.15) is 5.10 Å². The van der Waals surface area contributed by atoms with Gasteiger partial charge in [0, 0.05) is 27.7 Å². The first-order chi connectivity index (χ1) is 15.3. The van der Waals surface area contributed by atoms with E-state index < -0.39 is 18.0 Å². The summed E-state index contributed by atoms with van der Waals surface area (Å²) < 4.78 is 6.65. The molecule has 32 heavy (non-hydrogen) atoms. The molecule has 1 amide bonds. The third kappa shape index (κ3) is 5.66. The van der Waals surface area contributed by atoms with Crippen molar-refractivity contribution in [3.05, 3.63) is 68.6 Å². The van der Waals surface area contributed by atoms with Crippen molar-refractivity contribution in [3.63, 3.8) is 0 Å². The lowest BCUT2D eigenvalue weighted by atomic mass is 10.1. The van der Waals surface area contributed by atoms with E-state index >= 15 is 0 Å². The van der Waals surface area contributed by atoms with Crippen LogP contribution in [0.25, 0.3) is 10.8 Å². The van der Waals surface area contributed by atoms with Crippen LogP contribution in [0.3, 0.4) is 0 Å². The molecule has 0 saturated heterocycles. The Morgan fingerprint density at radius 3 is 2.41 bits per heavy atom. The van der Waals surface area contributed by atoms with Crippen LogP contribution in [0.2, 0.25) is 10.0 Å². The fraction of sp³-hybridized carbons (Fsp3) is 0.304. The Bertz CT molecular complexity index is 1190. The Hall–Kier alpha value is -2.90. The van der Waals surface area contributed by atoms with Gasteiger partial charge in [0.1, 0.15) is 0 Å². The summed E-state index contributed by atoms with van der Waals surface area (Å²) >= 11 is 11.9. The van der Waals surface area contributed by atoms with E-state index in [9.17, 15) is 14.4 Å². The fourth-order valence-corrected chi connectivity index (χ4v) is 3.71. The number of fused-ring (bicyclic) bond motifs is 1. The number of benzene rings is 2. The zero-order valence-electron chi connectivity index (χ0n) is 17.7. The summed E-state index contributed by atoms with van der Waals surface area (Å²) in [6.07, 6.45) is 1.56. The lowest BCUT2D eigenvalue weighted by Gasteiger charge is -2.15. The van der Waals surface area contributed by atoms with Gasteiger partial charge in [0.2, 0.25) is 0 Å². The largest absolute Gasteiger partial charge is 0.448 e. The number of unbranched alkanes of at least 4 members (excludes halogenated alkanes) is 2. The van der Waals surface area contributed by atoms with Crippen molar-refractivity contribution in [2.24, 2.45) is 0 Å². The highest BCUT2D eigenvalue weighted by atomic mass is 35.5. The lowest BCUT2D eigenvalue weighted by molar-refractivity contribution is -0.123. The maximum Gasteiger partial charge on any atom is 0.360 e. The number of ether oxygens (including phenoxy) is 1. The zero-order valence-corrected chi connectivity index (χ0v) is 19.2. The molecule has 1 unspecified atom stereocenters. The number of nitrogens with zero attached hydrogens (tertiary/aromatic N) is 2. The highest BCUT2D eigenvalue weighted by molar-refractivity contribution is 6.35. The van der Waals surface area contributed by atoms with E-state index in [1.54, 1.807) is 24.3 Å². The molecule has 3 aromatic rings. The van der Waals surface area contributed by atoms with Crippen LogP contribution in [0.1, 0.15) is 43.6 Å². The standard InChI is InChI=1S/C23H23Cl2N3O4/c1-3-4-7-10-28-22(30)19-9-6-5-8-18(19)20(27-28)23(31)32-14(2)21(29)26-17-12-15(24)11-16(25)13-17/h5-6,8-9,11-14H,3-4,7,10H2,1-2H3,(H,26,29). The predicted octanol–water partition coefficient (Wildman–Crippen LogP) is 5.08. The summed E-state index contributed by atoms with van der Waals surface area (Å²) in [7, 11) is 0. The molecule has 0 aliphatic heterocycles. The van der Waals surface area contributed by atoms with Crippen LogP contribution in [0, 0.1) is 0 Å². The molecule has 2 aromatic carbocycles. The highest BCUT2D eigenvalue weighted by Crippen LogP contribution is 2.23. The normalized spacial score (nSPS) is 11.9. The van der Waals surface area contributed by atoms with Gasteiger partial charge in [0.05, 0.1) is 5.39 Å². The molecule has 0 fully saturated rings. The topological polar surface area (TPSA) is 90.3 Å². The molecular formula is C23H23Cl2N3O4. The minimum Gasteiger partial charge on any atom is -0.448 e. The Morgan fingerprint density at radius 2 is 1.75 bits per heavy atom. The maximum atomic E-state index is 12.9. The molecule has 0 radical (unpaired) electrons. The van der Waals surface area contributed by atoms with Crippen LogP contribution < -0.4 is 10.9 Å². The van der Waals surface area contributed by atoms with Crippen LogP contribution in [-0.4, -0.2) is 27.8 Å². The van der Waals surface area contributed by atoms with Crippen molar-refractivity contribution in [1.82, 2.24) is 9.78 Å². The van der Waals surface area contributed by atoms with Crippen molar-refractivity contribution in [2.45, 2.75) is 45.8 Å². The number of amides is 1. The van der Waals surface area contributed by atoms with Crippen molar-refractivity contribution in [1.29, 1.82) is 0 Å². The molecule has 1 heterocycles. The number of hydrogen-bond donors (Lipinski definition) is 1. The molecule has 1 atom stereocenters. The molecule has 0 saturated carbocycles. The third-order valence-electron chi connectivity index (χ3n) is 4.82. The number of hydrogen-bond acceptors (Lipinski definition) is 5. The Balaban J connectivity index is 1.83. The van der Waals surface area contributed by atoms with Crippen LogP contribution in [-0.2, 0) is 16.1 Å². The summed E-state index contributed by atoms with van der Waals surface area (Å²) in [6.45, 7) is 3.89. The first kappa shape index (κ1) is 23.8. The highest BCUT2D eigenvalue weighted by Gasteiger charge is 2.23. The molecular weight excluding hydrogens is 453 g/mol. The van der Waals surface area contributed by atoms with E-state index in [0.717, 1.165) is 19.3 Å². The minimum absolute atomic E-state index is 0.0119. The SMILES string of the molecule is CCCCCn1nc(C(=O)OC(C)C(=O)Nc2cc(Cl)cc(Cl)c2)c2ccccc2c1=O. The maximum absolute atomic E-state index is 12.9. The average molecular weight is 476 g/mol. The number of halogens is 2. The number of carbonyl (C=O) groups excluding carboxylic acids is 2. The Morgan fingerprint density at radius 1 is 1.09 bits per heavy atom. The second-order valence-electron chi connectivity index (χ2n) is 7.32. The second kappa shape index (κ2) is 10.6. The summed E-state index contributed by atoms with van der Waals surface area (Å²) in [5, 5.41) is 8.34. The number of aromatic nitrogens is 2. The molecule has 9 heteroatoms. The van der Waals surface area contributed by atoms with Gasteiger partial charge >= 0.3 is 5.97 Å². The third-order valence-corrected chi connectivity index (χ3v) is 5.25. The monoisotopic (exact) mass is 475 g/mol. The van der Waals surface area contributed by atoms with E-state index in [1.807, 2.05) is 0 Å². The molecule has 7 nitrogen and oxygen atoms in total. The minimum atomic E-state index is -1.12. The van der Waals surface area contributed by atoms with Crippen LogP contribution >= 0.6 is 23.2 Å². The lowest BCUT2D eigenvalue weighted by Crippen LogP contribution is -2.32. The van der Waals surface area contributed by atoms with Gasteiger partial charge < -0.3 is 10.1 Å². The quantitative estimate of drug-likeness (QED) is 0.362. The van der Waals surface area contributed by atoms with E-state index in [-0.39, 0.29) is 11.3 Å². The molecule has 0 aliphatic rings. The summed E-state index contributed by atoms with van der Waals surface area (Å²) in [5.41, 5.74) is 0.0995.